The smallest absolute Gasteiger partial charge is 0.145 e. The van der Waals surface area contributed by atoms with Gasteiger partial charge in [-0.05, 0) is 251 Å². The number of hydrogen-bond donors (Lipinski definition) is 0. The molecular weight excluding hydrogens is 1400 g/mol. The van der Waals surface area contributed by atoms with Gasteiger partial charge in [-0.3, -0.25) is 0 Å². The highest BCUT2D eigenvalue weighted by atomic mass is 16.3. The Balaban J connectivity index is 0.682. The molecule has 0 radical (unpaired) electrons. The molecule has 0 amide bonds. The average Bonchev–Trinajstić information content (AvgIpc) is 1.54. The minimum Gasteiger partial charge on any atom is -0.455 e. The second-order valence-corrected chi connectivity index (χ2v) is 29.2. The number of anilines is 12. The van der Waals surface area contributed by atoms with Crippen molar-refractivity contribution in [2.24, 2.45) is 0 Å². The fraction of sp³-hybridized carbons (Fsp3) is 0. The number of benzene rings is 18. The van der Waals surface area contributed by atoms with Gasteiger partial charge >= 0.3 is 0 Å². The first-order valence-corrected chi connectivity index (χ1v) is 39.2. The Morgan fingerprint density at radius 2 is 0.383 bits per heavy atom. The first-order chi connectivity index (χ1) is 57.0. The van der Waals surface area contributed by atoms with Gasteiger partial charge < -0.3 is 33.2 Å². The van der Waals surface area contributed by atoms with Crippen LogP contribution < -0.4 is 19.6 Å². The molecule has 18 aromatic carbocycles. The Labute approximate surface area is 667 Å². The van der Waals surface area contributed by atoms with Gasteiger partial charge in [-0.15, -0.1) is 0 Å². The summed E-state index contributed by atoms with van der Waals surface area (Å²) < 4.78 is 12.5. The van der Waals surface area contributed by atoms with Crippen LogP contribution in [0.3, 0.4) is 0 Å². The Hall–Kier alpha value is -15.4. The fourth-order valence-corrected chi connectivity index (χ4v) is 17.0. The highest BCUT2D eigenvalue weighted by Gasteiger charge is 2.26. The van der Waals surface area contributed by atoms with E-state index in [9.17, 15) is 0 Å². The molecule has 21 rings (SSSR count). The van der Waals surface area contributed by atoms with Crippen LogP contribution in [0.2, 0.25) is 0 Å². The van der Waals surface area contributed by atoms with Crippen LogP contribution in [0.15, 0.2) is 453 Å². The maximum Gasteiger partial charge on any atom is 0.145 e. The molecule has 0 fully saturated rings. The average molecular weight is 1470 g/mol. The summed E-state index contributed by atoms with van der Waals surface area (Å²) in [5.41, 5.74) is 30.0. The van der Waals surface area contributed by atoms with Gasteiger partial charge in [0, 0.05) is 101 Å². The zero-order valence-electron chi connectivity index (χ0n) is 62.8. The van der Waals surface area contributed by atoms with Crippen molar-refractivity contribution in [3.63, 3.8) is 0 Å². The maximum atomic E-state index is 7.65. The summed E-state index contributed by atoms with van der Waals surface area (Å²) in [6.45, 7) is 0. The third-order valence-electron chi connectivity index (χ3n) is 22.5. The molecule has 0 saturated carbocycles. The lowest BCUT2D eigenvalue weighted by Gasteiger charge is -2.27. The number of para-hydroxylation sites is 5. The van der Waals surface area contributed by atoms with Gasteiger partial charge in [0.25, 0.3) is 0 Å². The van der Waals surface area contributed by atoms with Crippen molar-refractivity contribution in [2.45, 2.75) is 0 Å². The molecule has 21 aromatic rings. The van der Waals surface area contributed by atoms with Crippen LogP contribution in [0.5, 0.6) is 0 Å². The van der Waals surface area contributed by atoms with Crippen LogP contribution >= 0.6 is 0 Å². The van der Waals surface area contributed by atoms with Gasteiger partial charge in [-0.2, -0.15) is 0 Å². The lowest BCUT2D eigenvalue weighted by Crippen LogP contribution is -2.10. The van der Waals surface area contributed by atoms with E-state index < -0.39 is 0 Å². The summed E-state index contributed by atoms with van der Waals surface area (Å²) in [5.74, 6) is 0. The number of hydrogen-bond acceptors (Lipinski definition) is 5. The summed E-state index contributed by atoms with van der Waals surface area (Å²) in [7, 11) is 0. The van der Waals surface area contributed by atoms with Gasteiger partial charge in [0.1, 0.15) is 11.2 Å². The topological polar surface area (TPSA) is 36.0 Å². The molecule has 0 aliphatic heterocycles. The molecule has 0 N–H and O–H groups in total. The van der Waals surface area contributed by atoms with Crippen molar-refractivity contribution < 1.29 is 4.42 Å². The van der Waals surface area contributed by atoms with E-state index in [0.717, 1.165) is 162 Å². The molecule has 0 saturated heterocycles. The minimum absolute atomic E-state index is 0.844. The molecule has 3 heterocycles. The zero-order chi connectivity index (χ0) is 76.1. The van der Waals surface area contributed by atoms with E-state index in [1.807, 2.05) is 0 Å². The normalized spacial score (nSPS) is 11.5. The lowest BCUT2D eigenvalue weighted by atomic mass is 10.0. The zero-order valence-corrected chi connectivity index (χ0v) is 62.8. The first kappa shape index (κ1) is 67.7. The number of nitrogens with zero attached hydrogens (tertiary/aromatic N) is 6. The molecule has 0 unspecified atom stereocenters. The second kappa shape index (κ2) is 29.1. The molecule has 0 bridgehead atoms. The van der Waals surface area contributed by atoms with Crippen molar-refractivity contribution in [1.29, 1.82) is 0 Å². The van der Waals surface area contributed by atoms with Crippen LogP contribution in [-0.2, 0) is 0 Å². The van der Waals surface area contributed by atoms with Crippen LogP contribution in [0.25, 0.3) is 121 Å². The van der Waals surface area contributed by atoms with Crippen LogP contribution in [0.4, 0.5) is 68.2 Å². The van der Waals surface area contributed by atoms with Gasteiger partial charge in [-0.1, -0.05) is 243 Å². The molecule has 542 valence electrons. The summed E-state index contributed by atoms with van der Waals surface area (Å²) in [6.07, 6.45) is 0. The van der Waals surface area contributed by atoms with E-state index in [4.69, 9.17) is 4.42 Å². The maximum absolute atomic E-state index is 7.65. The van der Waals surface area contributed by atoms with E-state index in [2.05, 4.69) is 478 Å². The number of aromatic nitrogens is 2. The van der Waals surface area contributed by atoms with E-state index in [-0.39, 0.29) is 0 Å². The standard InChI is InChI=1S/C108H74N6O/c1-8-24-75(25-9-1)78-40-50-88(51-41-78)110(89-52-42-79(43-53-89)76-26-10-2-11-27-76)92-60-64-94(65-61-92)113-101-39-23-22-38-99(101)105-102(113)72-70-97-98-71-73-103-106(108(98)115-107(97)105)100-69-68-96(112(85-34-18-6-19-35-85)86-36-20-7-21-37-86)74-104(100)114(103)95-66-62-93(63-67-95)111(90-54-44-80(45-55-90)77-28-12-3-13-29-77)91-58-48-82(49-59-91)81-46-56-87(57-47-81)109(83-30-14-4-15-31-83)84-32-16-5-17-33-84/h1-74H. The number of furan rings is 1. The minimum atomic E-state index is 0.844. The van der Waals surface area contributed by atoms with E-state index in [1.54, 1.807) is 0 Å². The lowest BCUT2D eigenvalue weighted by molar-refractivity contribution is 0.677. The van der Waals surface area contributed by atoms with Gasteiger partial charge in [0.05, 0.1) is 32.8 Å². The van der Waals surface area contributed by atoms with Crippen LogP contribution in [-0.4, -0.2) is 9.13 Å². The SMILES string of the molecule is c1ccc(-c2ccc(N(c3ccc(-c4ccccc4)cc3)c3ccc(-n4c5ccccc5c5c6oc7c(ccc8c7c7ccc(N(c9ccccc9)c9ccccc9)cc7n8-c7ccc(N(c8ccc(-c9ccccc9)cc8)c8ccc(-c9ccc(N(c%10ccccc%10)c%10ccccc%10)cc9)cc8)cc7)c6ccc54)cc3)cc2)cc1. The summed E-state index contributed by atoms with van der Waals surface area (Å²) in [5, 5.41) is 6.44. The third kappa shape index (κ3) is 12.4. The molecular formula is C108H74N6O. The molecule has 7 heteroatoms. The third-order valence-corrected chi connectivity index (χ3v) is 22.5. The van der Waals surface area contributed by atoms with Crippen molar-refractivity contribution >= 4 is 134 Å². The molecule has 7 nitrogen and oxygen atoms in total. The largest absolute Gasteiger partial charge is 0.455 e. The second-order valence-electron chi connectivity index (χ2n) is 29.2. The van der Waals surface area contributed by atoms with Crippen molar-refractivity contribution in [3.8, 4) is 55.9 Å². The number of fused-ring (bicyclic) bond motifs is 11. The highest BCUT2D eigenvalue weighted by molar-refractivity contribution is 6.29. The van der Waals surface area contributed by atoms with Gasteiger partial charge in [-0.25, -0.2) is 0 Å². The van der Waals surface area contributed by atoms with Gasteiger partial charge in [0.15, 0.2) is 0 Å². The molecule has 0 aliphatic rings. The van der Waals surface area contributed by atoms with E-state index in [1.165, 1.54) is 27.8 Å². The predicted octanol–water partition coefficient (Wildman–Crippen LogP) is 30.3. The molecule has 3 aromatic heterocycles. The van der Waals surface area contributed by atoms with E-state index >= 15 is 0 Å². The van der Waals surface area contributed by atoms with Crippen LogP contribution in [0, 0.1) is 0 Å². The van der Waals surface area contributed by atoms with E-state index in [0.29, 0.717) is 0 Å². The molecule has 0 spiro atoms. The Morgan fingerprint density at radius 3 is 0.704 bits per heavy atom. The van der Waals surface area contributed by atoms with Crippen molar-refractivity contribution in [3.05, 3.63) is 449 Å². The highest BCUT2D eigenvalue weighted by Crippen LogP contribution is 2.49. The Bertz CT molecular complexity index is 6880. The fourth-order valence-electron chi connectivity index (χ4n) is 17.0. The number of rotatable bonds is 18. The quantitative estimate of drug-likeness (QED) is 0.0856. The van der Waals surface area contributed by atoms with Crippen molar-refractivity contribution in [2.75, 3.05) is 19.6 Å². The predicted molar refractivity (Wildman–Crippen MR) is 483 cm³/mol. The van der Waals surface area contributed by atoms with Crippen LogP contribution in [0.1, 0.15) is 0 Å². The first-order valence-electron chi connectivity index (χ1n) is 39.2. The molecule has 0 atom stereocenters. The molecule has 115 heavy (non-hydrogen) atoms. The summed E-state index contributed by atoms with van der Waals surface area (Å²) >= 11 is 0. The molecule has 0 aliphatic carbocycles. The Kier molecular flexibility index (Phi) is 17.1. The van der Waals surface area contributed by atoms with Crippen molar-refractivity contribution in [1.82, 2.24) is 9.13 Å². The van der Waals surface area contributed by atoms with Gasteiger partial charge in [0.2, 0.25) is 0 Å². The summed E-state index contributed by atoms with van der Waals surface area (Å²) in [4.78, 5) is 9.36. The summed E-state index contributed by atoms with van der Waals surface area (Å²) in [6, 6.07) is 162. The monoisotopic (exact) mass is 1470 g/mol. The Morgan fingerprint density at radius 1 is 0.157 bits per heavy atom.